The third-order valence-electron chi connectivity index (χ3n) is 2.39. The Labute approximate surface area is 101 Å². The van der Waals surface area contributed by atoms with Crippen molar-refractivity contribution in [3.8, 4) is 0 Å². The summed E-state index contributed by atoms with van der Waals surface area (Å²) in [6.07, 6.45) is 1.15. The molecule has 0 unspecified atom stereocenters. The number of carboxylic acid groups (broad SMARTS) is 1. The molecule has 0 saturated heterocycles. The Bertz CT molecular complexity index is 372. The number of aromatic carboxylic acids is 1. The summed E-state index contributed by atoms with van der Waals surface area (Å²) < 4.78 is 0. The van der Waals surface area contributed by atoms with Gasteiger partial charge < -0.3 is 5.11 Å². The van der Waals surface area contributed by atoms with Crippen LogP contribution in [-0.2, 0) is 0 Å². The standard InChI is InChI=1S/C13H18O2S/c1-9(2)6-7-16-12-8-11(13(14)15)5-4-10(12)3/h4-5,8-9H,6-7H2,1-3H3,(H,14,15). The second-order valence-electron chi connectivity index (χ2n) is 4.32. The highest BCUT2D eigenvalue weighted by atomic mass is 32.2. The van der Waals surface area contributed by atoms with Gasteiger partial charge in [0, 0.05) is 4.90 Å². The molecule has 88 valence electrons. The van der Waals surface area contributed by atoms with Crippen molar-refractivity contribution in [2.75, 3.05) is 5.75 Å². The fourth-order valence-corrected chi connectivity index (χ4v) is 2.61. The highest BCUT2D eigenvalue weighted by molar-refractivity contribution is 7.99. The summed E-state index contributed by atoms with van der Waals surface area (Å²) >= 11 is 1.74. The Kier molecular flexibility index (Phi) is 4.87. The van der Waals surface area contributed by atoms with E-state index in [1.54, 1.807) is 23.9 Å². The SMILES string of the molecule is Cc1ccc(C(=O)O)cc1SCCC(C)C. The lowest BCUT2D eigenvalue weighted by Gasteiger charge is -2.08. The Morgan fingerprint density at radius 1 is 1.44 bits per heavy atom. The van der Waals surface area contributed by atoms with Gasteiger partial charge in [0.25, 0.3) is 0 Å². The minimum absolute atomic E-state index is 0.373. The zero-order chi connectivity index (χ0) is 12.1. The zero-order valence-electron chi connectivity index (χ0n) is 9.99. The van der Waals surface area contributed by atoms with Crippen molar-refractivity contribution in [2.45, 2.75) is 32.1 Å². The minimum Gasteiger partial charge on any atom is -0.478 e. The van der Waals surface area contributed by atoms with Gasteiger partial charge in [-0.2, -0.15) is 0 Å². The Morgan fingerprint density at radius 3 is 2.69 bits per heavy atom. The summed E-state index contributed by atoms with van der Waals surface area (Å²) in [5.74, 6) is 0.878. The molecule has 2 nitrogen and oxygen atoms in total. The molecule has 0 amide bonds. The number of carboxylic acids is 1. The number of thioether (sulfide) groups is 1. The maximum Gasteiger partial charge on any atom is 0.335 e. The van der Waals surface area contributed by atoms with Crippen LogP contribution >= 0.6 is 11.8 Å². The van der Waals surface area contributed by atoms with Gasteiger partial charge in [0.2, 0.25) is 0 Å². The van der Waals surface area contributed by atoms with Crippen LogP contribution in [0.2, 0.25) is 0 Å². The first kappa shape index (κ1) is 13.1. The van der Waals surface area contributed by atoms with Crippen LogP contribution in [0.4, 0.5) is 0 Å². The van der Waals surface area contributed by atoms with Gasteiger partial charge in [0.15, 0.2) is 0 Å². The van der Waals surface area contributed by atoms with Crippen LogP contribution in [0.1, 0.15) is 36.2 Å². The van der Waals surface area contributed by atoms with Crippen LogP contribution in [0.25, 0.3) is 0 Å². The van der Waals surface area contributed by atoms with Gasteiger partial charge in [0.1, 0.15) is 0 Å². The molecule has 0 saturated carbocycles. The highest BCUT2D eigenvalue weighted by Crippen LogP contribution is 2.25. The molecule has 1 aromatic rings. The van der Waals surface area contributed by atoms with Crippen LogP contribution < -0.4 is 0 Å². The van der Waals surface area contributed by atoms with E-state index in [1.165, 1.54) is 0 Å². The predicted molar refractivity (Wildman–Crippen MR) is 68.3 cm³/mol. The molecule has 16 heavy (non-hydrogen) atoms. The first-order valence-electron chi connectivity index (χ1n) is 5.47. The number of rotatable bonds is 5. The van der Waals surface area contributed by atoms with E-state index in [2.05, 4.69) is 13.8 Å². The van der Waals surface area contributed by atoms with Crippen LogP contribution in [0.3, 0.4) is 0 Å². The lowest BCUT2D eigenvalue weighted by Crippen LogP contribution is -1.97. The minimum atomic E-state index is -0.856. The van der Waals surface area contributed by atoms with Gasteiger partial charge in [-0.1, -0.05) is 19.9 Å². The first-order valence-corrected chi connectivity index (χ1v) is 6.46. The van der Waals surface area contributed by atoms with E-state index < -0.39 is 5.97 Å². The van der Waals surface area contributed by atoms with Gasteiger partial charge in [0.05, 0.1) is 5.56 Å². The average Bonchev–Trinajstić information content (AvgIpc) is 2.20. The third kappa shape index (κ3) is 3.89. The molecule has 1 rings (SSSR count). The summed E-state index contributed by atoms with van der Waals surface area (Å²) in [5.41, 5.74) is 1.52. The topological polar surface area (TPSA) is 37.3 Å². The molecule has 0 heterocycles. The number of aryl methyl sites for hydroxylation is 1. The molecule has 0 fully saturated rings. The molecule has 0 atom stereocenters. The van der Waals surface area contributed by atoms with Crippen molar-refractivity contribution in [3.05, 3.63) is 29.3 Å². The molecule has 0 radical (unpaired) electrons. The summed E-state index contributed by atoms with van der Waals surface area (Å²) in [7, 11) is 0. The Hall–Kier alpha value is -0.960. The molecule has 0 aromatic heterocycles. The lowest BCUT2D eigenvalue weighted by atomic mass is 10.1. The van der Waals surface area contributed by atoms with E-state index in [0.29, 0.717) is 11.5 Å². The molecule has 3 heteroatoms. The molecule has 1 N–H and O–H groups in total. The summed E-state index contributed by atoms with van der Waals surface area (Å²) in [6, 6.07) is 5.30. The van der Waals surface area contributed by atoms with E-state index >= 15 is 0 Å². The zero-order valence-corrected chi connectivity index (χ0v) is 10.8. The highest BCUT2D eigenvalue weighted by Gasteiger charge is 2.06. The second kappa shape index (κ2) is 5.94. The number of carbonyl (C=O) groups is 1. The number of benzene rings is 1. The molecule has 0 spiro atoms. The molecule has 0 aliphatic rings. The average molecular weight is 238 g/mol. The smallest absolute Gasteiger partial charge is 0.335 e. The summed E-state index contributed by atoms with van der Waals surface area (Å²) in [4.78, 5) is 11.9. The maximum absolute atomic E-state index is 10.8. The third-order valence-corrected chi connectivity index (χ3v) is 3.58. The largest absolute Gasteiger partial charge is 0.478 e. The quantitative estimate of drug-likeness (QED) is 0.792. The van der Waals surface area contributed by atoms with Crippen molar-refractivity contribution in [3.63, 3.8) is 0 Å². The molecular weight excluding hydrogens is 220 g/mol. The van der Waals surface area contributed by atoms with E-state index in [-0.39, 0.29) is 0 Å². The van der Waals surface area contributed by atoms with Crippen molar-refractivity contribution in [1.29, 1.82) is 0 Å². The maximum atomic E-state index is 10.8. The second-order valence-corrected chi connectivity index (χ2v) is 5.45. The Morgan fingerprint density at radius 2 is 2.12 bits per heavy atom. The Balaban J connectivity index is 2.70. The van der Waals surface area contributed by atoms with Crippen molar-refractivity contribution < 1.29 is 9.90 Å². The number of hydrogen-bond donors (Lipinski definition) is 1. The van der Waals surface area contributed by atoms with Crippen LogP contribution in [0.15, 0.2) is 23.1 Å². The van der Waals surface area contributed by atoms with Crippen LogP contribution in [0, 0.1) is 12.8 Å². The van der Waals surface area contributed by atoms with Crippen molar-refractivity contribution >= 4 is 17.7 Å². The van der Waals surface area contributed by atoms with Gasteiger partial charge >= 0.3 is 5.97 Å². The first-order chi connectivity index (χ1) is 7.50. The predicted octanol–water partition coefficient (Wildman–Crippen LogP) is 3.83. The molecule has 0 bridgehead atoms. The van der Waals surface area contributed by atoms with Crippen molar-refractivity contribution in [1.82, 2.24) is 0 Å². The van der Waals surface area contributed by atoms with Crippen LogP contribution in [-0.4, -0.2) is 16.8 Å². The molecular formula is C13H18O2S. The van der Waals surface area contributed by atoms with E-state index in [0.717, 1.165) is 22.6 Å². The number of hydrogen-bond acceptors (Lipinski definition) is 2. The van der Waals surface area contributed by atoms with Gasteiger partial charge in [-0.25, -0.2) is 4.79 Å². The normalized spacial score (nSPS) is 10.8. The fraction of sp³-hybridized carbons (Fsp3) is 0.462. The van der Waals surface area contributed by atoms with Gasteiger partial charge in [-0.05, 0) is 42.7 Å². The molecule has 0 aliphatic carbocycles. The van der Waals surface area contributed by atoms with Crippen molar-refractivity contribution in [2.24, 2.45) is 5.92 Å². The van der Waals surface area contributed by atoms with E-state index in [1.807, 2.05) is 13.0 Å². The van der Waals surface area contributed by atoms with E-state index in [9.17, 15) is 4.79 Å². The monoisotopic (exact) mass is 238 g/mol. The lowest BCUT2D eigenvalue weighted by molar-refractivity contribution is 0.0696. The van der Waals surface area contributed by atoms with Gasteiger partial charge in [-0.15, -0.1) is 11.8 Å². The van der Waals surface area contributed by atoms with Crippen LogP contribution in [0.5, 0.6) is 0 Å². The molecule has 1 aromatic carbocycles. The summed E-state index contributed by atoms with van der Waals surface area (Å²) in [6.45, 7) is 6.41. The summed E-state index contributed by atoms with van der Waals surface area (Å²) in [5, 5.41) is 8.90. The fourth-order valence-electron chi connectivity index (χ4n) is 1.29. The van der Waals surface area contributed by atoms with Gasteiger partial charge in [-0.3, -0.25) is 0 Å². The molecule has 0 aliphatic heterocycles. The van der Waals surface area contributed by atoms with E-state index in [4.69, 9.17) is 5.11 Å².